The van der Waals surface area contributed by atoms with Crippen LogP contribution in [0.3, 0.4) is 0 Å². The highest BCUT2D eigenvalue weighted by Crippen LogP contribution is 2.42. The summed E-state index contributed by atoms with van der Waals surface area (Å²) in [5.74, 6) is 0.856. The van der Waals surface area contributed by atoms with E-state index in [1.54, 1.807) is 0 Å². The molecule has 0 aliphatic rings. The molecule has 0 aromatic heterocycles. The van der Waals surface area contributed by atoms with E-state index >= 15 is 0 Å². The van der Waals surface area contributed by atoms with E-state index in [4.69, 9.17) is 0 Å². The largest absolute Gasteiger partial charge is 0.507 e. The Kier molecular flexibility index (Phi) is 12.0. The maximum Gasteiger partial charge on any atom is 0.127 e. The first-order valence-electron chi connectivity index (χ1n) is 14.6. The highest BCUT2D eigenvalue weighted by Gasteiger charge is 2.26. The van der Waals surface area contributed by atoms with Crippen molar-refractivity contribution in [3.8, 4) is 11.5 Å². The lowest BCUT2D eigenvalue weighted by Crippen LogP contribution is -2.23. The van der Waals surface area contributed by atoms with Gasteiger partial charge in [0.15, 0.2) is 0 Å². The topological polar surface area (TPSA) is 40.5 Å². The molecule has 0 atom stereocenters. The van der Waals surface area contributed by atoms with Crippen molar-refractivity contribution in [2.45, 2.75) is 105 Å². The number of phenols is 2. The van der Waals surface area contributed by atoms with Gasteiger partial charge in [-0.3, -0.25) is 0 Å². The van der Waals surface area contributed by atoms with Crippen LogP contribution in [0.1, 0.15) is 101 Å². The van der Waals surface area contributed by atoms with Gasteiger partial charge in [0.25, 0.3) is 0 Å². The van der Waals surface area contributed by atoms with Crippen LogP contribution in [0, 0.1) is 0 Å². The molecular weight excluding hydrogens is 471 g/mol. The molecule has 0 radical (unpaired) electrons. The Morgan fingerprint density at radius 1 is 0.541 bits per heavy atom. The van der Waals surface area contributed by atoms with Gasteiger partial charge in [-0.25, -0.2) is 0 Å². The summed E-state index contributed by atoms with van der Waals surface area (Å²) in [5.41, 5.74) is 4.72. The number of rotatable bonds is 15. The van der Waals surface area contributed by atoms with Gasteiger partial charge in [0.05, 0.1) is 0 Å². The smallest absolute Gasteiger partial charge is 0.127 e. The zero-order chi connectivity index (χ0) is 26.6. The molecule has 0 amide bonds. The monoisotopic (exact) mass is 518 g/mol. The lowest BCUT2D eigenvalue weighted by molar-refractivity contribution is 0.470. The van der Waals surface area contributed by atoms with Crippen LogP contribution >= 0.6 is 7.92 Å². The molecule has 3 aromatic rings. The molecule has 0 unspecified atom stereocenters. The van der Waals surface area contributed by atoms with E-state index in [9.17, 15) is 10.2 Å². The Morgan fingerprint density at radius 3 is 1.35 bits per heavy atom. The summed E-state index contributed by atoms with van der Waals surface area (Å²) < 4.78 is 0. The van der Waals surface area contributed by atoms with Gasteiger partial charge in [0.2, 0.25) is 0 Å². The zero-order valence-corrected chi connectivity index (χ0v) is 24.4. The van der Waals surface area contributed by atoms with Crippen molar-refractivity contribution in [1.29, 1.82) is 0 Å². The molecule has 0 heterocycles. The first-order valence-corrected chi connectivity index (χ1v) is 15.9. The summed E-state index contributed by atoms with van der Waals surface area (Å²) in [6.45, 7) is 8.86. The van der Waals surface area contributed by atoms with Crippen molar-refractivity contribution in [2.75, 3.05) is 0 Å². The van der Waals surface area contributed by atoms with Crippen LogP contribution < -0.4 is 15.9 Å². The summed E-state index contributed by atoms with van der Waals surface area (Å²) in [6.07, 6.45) is 12.7. The SMILES string of the molecule is CCCCc1cc(CCCC)c(O)c(P(c2ccccc2)c2cc(CCCC)cc(CCCC)c2O)c1. The van der Waals surface area contributed by atoms with E-state index in [-0.39, 0.29) is 0 Å². The average molecular weight is 519 g/mol. The minimum absolute atomic E-state index is 0.428. The molecule has 0 saturated carbocycles. The van der Waals surface area contributed by atoms with Crippen LogP contribution in [0.25, 0.3) is 0 Å². The van der Waals surface area contributed by atoms with Crippen LogP contribution in [-0.4, -0.2) is 10.2 Å². The highest BCUT2D eigenvalue weighted by atomic mass is 31.1. The van der Waals surface area contributed by atoms with Gasteiger partial charge in [-0.1, -0.05) is 95.8 Å². The van der Waals surface area contributed by atoms with Crippen molar-refractivity contribution < 1.29 is 10.2 Å². The molecule has 37 heavy (non-hydrogen) atoms. The molecule has 2 N–H and O–H groups in total. The first-order chi connectivity index (χ1) is 18.0. The molecule has 0 bridgehead atoms. The third-order valence-corrected chi connectivity index (χ3v) is 9.65. The van der Waals surface area contributed by atoms with Gasteiger partial charge in [0.1, 0.15) is 11.5 Å². The van der Waals surface area contributed by atoms with Crippen LogP contribution in [0.2, 0.25) is 0 Å². The zero-order valence-electron chi connectivity index (χ0n) is 23.5. The molecule has 3 heteroatoms. The number of phenolic OH excluding ortho intramolecular Hbond substituents is 2. The summed E-state index contributed by atoms with van der Waals surface area (Å²) in [7, 11) is -1.11. The molecule has 0 aliphatic carbocycles. The second-order valence-corrected chi connectivity index (χ2v) is 12.5. The predicted octanol–water partition coefficient (Wildman–Crippen LogP) is 8.23. The van der Waals surface area contributed by atoms with E-state index < -0.39 is 7.92 Å². The fraction of sp³-hybridized carbons (Fsp3) is 0.471. The molecular formula is C34H47O2P. The number of aryl methyl sites for hydroxylation is 4. The minimum atomic E-state index is -1.11. The van der Waals surface area contributed by atoms with Crippen molar-refractivity contribution in [1.82, 2.24) is 0 Å². The third kappa shape index (κ3) is 7.84. The number of benzene rings is 3. The number of hydrogen-bond donors (Lipinski definition) is 2. The fourth-order valence-corrected chi connectivity index (χ4v) is 7.56. The normalized spacial score (nSPS) is 11.4. The molecule has 3 rings (SSSR count). The Labute approximate surface area is 226 Å². The lowest BCUT2D eigenvalue weighted by atomic mass is 10.0. The van der Waals surface area contributed by atoms with Crippen LogP contribution in [0.4, 0.5) is 0 Å². The maximum atomic E-state index is 11.7. The maximum absolute atomic E-state index is 11.7. The van der Waals surface area contributed by atoms with Gasteiger partial charge >= 0.3 is 0 Å². The van der Waals surface area contributed by atoms with Crippen LogP contribution in [0.15, 0.2) is 54.6 Å². The fourth-order valence-electron chi connectivity index (χ4n) is 4.98. The van der Waals surface area contributed by atoms with Gasteiger partial charge in [0, 0.05) is 10.6 Å². The van der Waals surface area contributed by atoms with Crippen molar-refractivity contribution in [3.05, 3.63) is 76.9 Å². The molecule has 2 nitrogen and oxygen atoms in total. The van der Waals surface area contributed by atoms with E-state index in [1.807, 2.05) is 6.07 Å². The van der Waals surface area contributed by atoms with Gasteiger partial charge in [-0.05, 0) is 99.0 Å². The van der Waals surface area contributed by atoms with E-state index in [0.29, 0.717) is 11.5 Å². The highest BCUT2D eigenvalue weighted by molar-refractivity contribution is 7.80. The van der Waals surface area contributed by atoms with E-state index in [1.165, 1.54) is 16.4 Å². The second kappa shape index (κ2) is 15.2. The standard InChI is InChI=1S/C34H47O2P/c1-5-9-16-26-22-28(18-11-7-3)33(35)31(24-26)37(30-20-14-13-15-21-30)32-25-27(17-10-6-2)23-29(34(32)36)19-12-8-4/h13-15,20-25,35-36H,5-12,16-19H2,1-4H3. The Morgan fingerprint density at radius 2 is 0.946 bits per heavy atom. The Hall–Kier alpha value is -2.31. The summed E-state index contributed by atoms with van der Waals surface area (Å²) >= 11 is 0. The van der Waals surface area contributed by atoms with Gasteiger partial charge in [-0.2, -0.15) is 0 Å². The van der Waals surface area contributed by atoms with Gasteiger partial charge in [-0.15, -0.1) is 0 Å². The van der Waals surface area contributed by atoms with Crippen LogP contribution in [0.5, 0.6) is 11.5 Å². The molecule has 0 aliphatic heterocycles. The number of hydrogen-bond acceptors (Lipinski definition) is 2. The molecule has 0 spiro atoms. The Balaban J connectivity index is 2.27. The molecule has 200 valence electrons. The molecule has 3 aromatic carbocycles. The van der Waals surface area contributed by atoms with Crippen molar-refractivity contribution in [2.24, 2.45) is 0 Å². The second-order valence-electron chi connectivity index (χ2n) is 10.3. The van der Waals surface area contributed by atoms with Crippen molar-refractivity contribution in [3.63, 3.8) is 0 Å². The number of unbranched alkanes of at least 4 members (excludes halogenated alkanes) is 4. The number of aromatic hydroxyl groups is 2. The molecule has 0 fully saturated rings. The van der Waals surface area contributed by atoms with E-state index in [2.05, 4.69) is 76.2 Å². The quantitative estimate of drug-likeness (QED) is 0.199. The molecule has 0 saturated heterocycles. The summed E-state index contributed by atoms with van der Waals surface area (Å²) in [5, 5.41) is 26.6. The first kappa shape index (κ1) is 29.2. The summed E-state index contributed by atoms with van der Waals surface area (Å²) in [4.78, 5) is 0. The van der Waals surface area contributed by atoms with E-state index in [0.717, 1.165) is 98.8 Å². The summed E-state index contributed by atoms with van der Waals surface area (Å²) in [6, 6.07) is 19.5. The minimum Gasteiger partial charge on any atom is -0.507 e. The lowest BCUT2D eigenvalue weighted by Gasteiger charge is -2.25. The van der Waals surface area contributed by atoms with Crippen LogP contribution in [-0.2, 0) is 25.7 Å². The van der Waals surface area contributed by atoms with Crippen molar-refractivity contribution >= 4 is 23.8 Å². The third-order valence-electron chi connectivity index (χ3n) is 7.19. The predicted molar refractivity (Wildman–Crippen MR) is 163 cm³/mol. The average Bonchev–Trinajstić information content (AvgIpc) is 2.92. The Bertz CT molecular complexity index is 1040. The van der Waals surface area contributed by atoms with Gasteiger partial charge < -0.3 is 10.2 Å².